The Morgan fingerprint density at radius 1 is 1.44 bits per heavy atom. The van der Waals surface area contributed by atoms with E-state index >= 15 is 0 Å². The fourth-order valence-corrected chi connectivity index (χ4v) is 2.59. The van der Waals surface area contributed by atoms with E-state index in [2.05, 4.69) is 23.3 Å². The van der Waals surface area contributed by atoms with E-state index in [0.29, 0.717) is 6.04 Å². The van der Waals surface area contributed by atoms with Gasteiger partial charge >= 0.3 is 0 Å². The van der Waals surface area contributed by atoms with Gasteiger partial charge < -0.3 is 5.32 Å². The molecule has 1 N–H and O–H groups in total. The summed E-state index contributed by atoms with van der Waals surface area (Å²) in [6.07, 6.45) is 11.8. The molecule has 1 fully saturated rings. The zero-order valence-electron chi connectivity index (χ0n) is 10.2. The first-order valence-electron chi connectivity index (χ1n) is 6.56. The molecule has 1 unspecified atom stereocenters. The molecule has 1 saturated carbocycles. The summed E-state index contributed by atoms with van der Waals surface area (Å²) in [7, 11) is 0. The van der Waals surface area contributed by atoms with E-state index < -0.39 is 0 Å². The van der Waals surface area contributed by atoms with Crippen LogP contribution in [0.4, 0.5) is 0 Å². The predicted molar refractivity (Wildman–Crippen MR) is 67.3 cm³/mol. The van der Waals surface area contributed by atoms with Crippen LogP contribution < -0.4 is 5.32 Å². The molecule has 0 aromatic carbocycles. The van der Waals surface area contributed by atoms with Crippen LogP contribution in [0.1, 0.15) is 57.1 Å². The normalized spacial score (nSPS) is 18.8. The third-order valence-corrected chi connectivity index (χ3v) is 3.46. The summed E-state index contributed by atoms with van der Waals surface area (Å²) >= 11 is 0. The lowest BCUT2D eigenvalue weighted by Crippen LogP contribution is -2.30. The first-order valence-corrected chi connectivity index (χ1v) is 6.56. The van der Waals surface area contributed by atoms with Crippen LogP contribution in [0.5, 0.6) is 0 Å². The maximum atomic E-state index is 4.22. The van der Waals surface area contributed by atoms with Crippen LogP contribution in [0.2, 0.25) is 0 Å². The zero-order valence-corrected chi connectivity index (χ0v) is 10.2. The topological polar surface area (TPSA) is 24.9 Å². The van der Waals surface area contributed by atoms with Gasteiger partial charge in [-0.3, -0.25) is 4.98 Å². The average molecular weight is 218 g/mol. The van der Waals surface area contributed by atoms with Crippen LogP contribution in [-0.2, 0) is 0 Å². The maximum Gasteiger partial charge on any atom is 0.0337 e. The molecular formula is C14H22N2. The Balaban J connectivity index is 1.99. The average Bonchev–Trinajstić information content (AvgIpc) is 2.83. The van der Waals surface area contributed by atoms with E-state index in [1.807, 2.05) is 18.5 Å². The summed E-state index contributed by atoms with van der Waals surface area (Å²) in [5, 5.41) is 3.79. The SMILES string of the molecule is CCCC(NC1CCCC1)c1cccnc1. The lowest BCUT2D eigenvalue weighted by atomic mass is 10.0. The van der Waals surface area contributed by atoms with Crippen molar-refractivity contribution >= 4 is 0 Å². The van der Waals surface area contributed by atoms with E-state index in [1.165, 1.54) is 44.1 Å². The smallest absolute Gasteiger partial charge is 0.0337 e. The van der Waals surface area contributed by atoms with Crippen molar-refractivity contribution in [3.63, 3.8) is 0 Å². The molecule has 0 bridgehead atoms. The Morgan fingerprint density at radius 2 is 2.25 bits per heavy atom. The molecule has 1 aliphatic rings. The first-order chi connectivity index (χ1) is 7.90. The Morgan fingerprint density at radius 3 is 2.88 bits per heavy atom. The number of nitrogens with one attached hydrogen (secondary N) is 1. The molecule has 2 nitrogen and oxygen atoms in total. The highest BCUT2D eigenvalue weighted by molar-refractivity contribution is 5.14. The monoisotopic (exact) mass is 218 g/mol. The fourth-order valence-electron chi connectivity index (χ4n) is 2.59. The molecule has 0 saturated heterocycles. The number of rotatable bonds is 5. The molecule has 2 heteroatoms. The van der Waals surface area contributed by atoms with Gasteiger partial charge in [0.2, 0.25) is 0 Å². The summed E-state index contributed by atoms with van der Waals surface area (Å²) in [6.45, 7) is 2.25. The van der Waals surface area contributed by atoms with E-state index in [4.69, 9.17) is 0 Å². The van der Waals surface area contributed by atoms with Crippen molar-refractivity contribution in [1.82, 2.24) is 10.3 Å². The highest BCUT2D eigenvalue weighted by Gasteiger charge is 2.19. The van der Waals surface area contributed by atoms with Gasteiger partial charge in [0.05, 0.1) is 0 Å². The van der Waals surface area contributed by atoms with Crippen molar-refractivity contribution in [1.29, 1.82) is 0 Å². The second-order valence-electron chi connectivity index (χ2n) is 4.78. The molecule has 1 aliphatic carbocycles. The van der Waals surface area contributed by atoms with Gasteiger partial charge in [0.15, 0.2) is 0 Å². The summed E-state index contributed by atoms with van der Waals surface area (Å²) in [4.78, 5) is 4.22. The number of hydrogen-bond acceptors (Lipinski definition) is 2. The Kier molecular flexibility index (Phi) is 4.34. The number of hydrogen-bond donors (Lipinski definition) is 1. The molecule has 0 amide bonds. The number of nitrogens with zero attached hydrogens (tertiary/aromatic N) is 1. The predicted octanol–water partition coefficient (Wildman–Crippen LogP) is 3.46. The van der Waals surface area contributed by atoms with Crippen LogP contribution >= 0.6 is 0 Å². The van der Waals surface area contributed by atoms with Gasteiger partial charge in [-0.15, -0.1) is 0 Å². The molecule has 0 radical (unpaired) electrons. The highest BCUT2D eigenvalue weighted by Crippen LogP contribution is 2.24. The molecule has 0 spiro atoms. The summed E-state index contributed by atoms with van der Waals surface area (Å²) in [6, 6.07) is 5.46. The lowest BCUT2D eigenvalue weighted by molar-refractivity contribution is 0.416. The van der Waals surface area contributed by atoms with Crippen LogP contribution in [-0.4, -0.2) is 11.0 Å². The van der Waals surface area contributed by atoms with Crippen molar-refractivity contribution in [3.05, 3.63) is 30.1 Å². The van der Waals surface area contributed by atoms with Crippen LogP contribution in [0.15, 0.2) is 24.5 Å². The molecular weight excluding hydrogens is 196 g/mol. The highest BCUT2D eigenvalue weighted by atomic mass is 15.0. The molecule has 88 valence electrons. The minimum absolute atomic E-state index is 0.502. The third kappa shape index (κ3) is 3.05. The minimum Gasteiger partial charge on any atom is -0.307 e. The van der Waals surface area contributed by atoms with E-state index in [9.17, 15) is 0 Å². The summed E-state index contributed by atoms with van der Waals surface area (Å²) < 4.78 is 0. The molecule has 1 aromatic rings. The standard InChI is InChI=1S/C14H22N2/c1-2-6-14(12-7-5-10-15-11-12)16-13-8-3-4-9-13/h5,7,10-11,13-14,16H,2-4,6,8-9H2,1H3. The van der Waals surface area contributed by atoms with Crippen molar-refractivity contribution in [2.75, 3.05) is 0 Å². The number of pyridine rings is 1. The molecule has 1 atom stereocenters. The van der Waals surface area contributed by atoms with Gasteiger partial charge in [0.1, 0.15) is 0 Å². The second kappa shape index (κ2) is 6.00. The molecule has 2 rings (SSSR count). The van der Waals surface area contributed by atoms with Gasteiger partial charge in [-0.05, 0) is 30.9 Å². The van der Waals surface area contributed by atoms with Crippen LogP contribution in [0.25, 0.3) is 0 Å². The molecule has 1 aromatic heterocycles. The largest absolute Gasteiger partial charge is 0.307 e. The van der Waals surface area contributed by atoms with Crippen molar-refractivity contribution in [2.45, 2.75) is 57.5 Å². The Bertz CT molecular complexity index is 291. The van der Waals surface area contributed by atoms with Gasteiger partial charge in [-0.25, -0.2) is 0 Å². The quantitative estimate of drug-likeness (QED) is 0.818. The van der Waals surface area contributed by atoms with Crippen LogP contribution in [0, 0.1) is 0 Å². The summed E-state index contributed by atoms with van der Waals surface area (Å²) in [5.74, 6) is 0. The Hall–Kier alpha value is -0.890. The van der Waals surface area contributed by atoms with Gasteiger partial charge in [-0.2, -0.15) is 0 Å². The number of aromatic nitrogens is 1. The fraction of sp³-hybridized carbons (Fsp3) is 0.643. The second-order valence-corrected chi connectivity index (χ2v) is 4.78. The lowest BCUT2D eigenvalue weighted by Gasteiger charge is -2.22. The third-order valence-electron chi connectivity index (χ3n) is 3.46. The van der Waals surface area contributed by atoms with Crippen molar-refractivity contribution in [3.8, 4) is 0 Å². The van der Waals surface area contributed by atoms with Gasteiger partial charge in [0, 0.05) is 24.5 Å². The van der Waals surface area contributed by atoms with E-state index in [1.54, 1.807) is 0 Å². The van der Waals surface area contributed by atoms with E-state index in [0.717, 1.165) is 6.04 Å². The minimum atomic E-state index is 0.502. The van der Waals surface area contributed by atoms with Gasteiger partial charge in [0.25, 0.3) is 0 Å². The first kappa shape index (κ1) is 11.6. The van der Waals surface area contributed by atoms with Crippen molar-refractivity contribution in [2.24, 2.45) is 0 Å². The van der Waals surface area contributed by atoms with Crippen LogP contribution in [0.3, 0.4) is 0 Å². The Labute approximate surface area is 98.5 Å². The summed E-state index contributed by atoms with van der Waals surface area (Å²) in [5.41, 5.74) is 1.34. The van der Waals surface area contributed by atoms with E-state index in [-0.39, 0.29) is 0 Å². The molecule has 0 aliphatic heterocycles. The van der Waals surface area contributed by atoms with Crippen molar-refractivity contribution < 1.29 is 0 Å². The maximum absolute atomic E-state index is 4.22. The molecule has 16 heavy (non-hydrogen) atoms. The zero-order chi connectivity index (χ0) is 11.2. The van der Waals surface area contributed by atoms with Gasteiger partial charge in [-0.1, -0.05) is 32.3 Å². The molecule has 1 heterocycles.